The fourth-order valence-corrected chi connectivity index (χ4v) is 1.83. The summed E-state index contributed by atoms with van der Waals surface area (Å²) in [5.74, 6) is -0.107. The zero-order valence-corrected chi connectivity index (χ0v) is 7.84. The third-order valence-corrected chi connectivity index (χ3v) is 2.60. The number of fused-ring (bicyclic) bond motifs is 1. The van der Waals surface area contributed by atoms with E-state index in [1.807, 2.05) is 6.92 Å². The molecule has 2 rings (SSSR count). The molecule has 0 aliphatic heterocycles. The monoisotopic (exact) mass is 188 g/mol. The summed E-state index contributed by atoms with van der Waals surface area (Å²) in [5.41, 5.74) is 1.40. The maximum atomic E-state index is 11.8. The Morgan fingerprint density at radius 3 is 3.14 bits per heavy atom. The van der Waals surface area contributed by atoms with Gasteiger partial charge in [0.2, 0.25) is 5.39 Å². The van der Waals surface area contributed by atoms with Crippen LogP contribution in [0.15, 0.2) is 18.3 Å². The van der Waals surface area contributed by atoms with E-state index in [1.165, 1.54) is 0 Å². The molecule has 70 valence electrons. The Balaban J connectivity index is 2.50. The zero-order valence-electron chi connectivity index (χ0n) is 7.84. The number of Topliss-reactive ketones (excluding diaryl/α,β-unsaturated/α-hetero) is 1. The van der Waals surface area contributed by atoms with Gasteiger partial charge in [-0.1, -0.05) is 6.92 Å². The topological polar surface area (TPSA) is 58.1 Å². The molecule has 0 aromatic carbocycles. The van der Waals surface area contributed by atoms with Crippen LogP contribution in [0.5, 0.6) is 0 Å². The third kappa shape index (κ3) is 1.18. The Morgan fingerprint density at radius 1 is 1.64 bits per heavy atom. The van der Waals surface area contributed by atoms with Crippen molar-refractivity contribution < 1.29 is 4.79 Å². The van der Waals surface area contributed by atoms with E-state index >= 15 is 0 Å². The van der Waals surface area contributed by atoms with E-state index < -0.39 is 6.04 Å². The summed E-state index contributed by atoms with van der Waals surface area (Å²) in [6.07, 6.45) is 2.37. The van der Waals surface area contributed by atoms with Crippen molar-refractivity contribution in [3.05, 3.63) is 34.6 Å². The van der Waals surface area contributed by atoms with E-state index in [-0.39, 0.29) is 11.7 Å². The van der Waals surface area contributed by atoms with Gasteiger partial charge in [0.15, 0.2) is 0 Å². The molecule has 1 aromatic heterocycles. The number of carbonyl (C=O) groups excluding carboxylic acids is 1. The number of rotatable bonds is 0. The van der Waals surface area contributed by atoms with Gasteiger partial charge < -0.3 is 0 Å². The van der Waals surface area contributed by atoms with E-state index in [1.54, 1.807) is 18.3 Å². The van der Waals surface area contributed by atoms with Crippen molar-refractivity contribution in [3.8, 4) is 0 Å². The Hall–Kier alpha value is -1.76. The number of nitrogens with zero attached hydrogens (tertiary/aromatic N) is 3. The first-order valence-electron chi connectivity index (χ1n) is 4.56. The van der Waals surface area contributed by atoms with E-state index in [0.29, 0.717) is 12.0 Å². The minimum absolute atomic E-state index is 0.0231. The lowest BCUT2D eigenvalue weighted by Crippen LogP contribution is -2.32. The van der Waals surface area contributed by atoms with Crippen LogP contribution in [-0.4, -0.2) is 16.8 Å². The minimum Gasteiger partial charge on any atom is -0.285 e. The van der Waals surface area contributed by atoms with Crippen LogP contribution in [0.3, 0.4) is 0 Å². The number of pyridine rings is 1. The maximum Gasteiger partial charge on any atom is 0.378 e. The van der Waals surface area contributed by atoms with Gasteiger partial charge in [-0.05, 0) is 12.1 Å². The van der Waals surface area contributed by atoms with Crippen molar-refractivity contribution in [2.75, 3.05) is 0 Å². The fourth-order valence-electron chi connectivity index (χ4n) is 1.83. The fraction of sp³-hybridized carbons (Fsp3) is 0.400. The molecular weight excluding hydrogens is 178 g/mol. The molecule has 4 nitrogen and oxygen atoms in total. The lowest BCUT2D eigenvalue weighted by atomic mass is 9.83. The molecule has 0 amide bonds. The van der Waals surface area contributed by atoms with Crippen molar-refractivity contribution in [1.29, 1.82) is 5.39 Å². The number of carbonyl (C=O) groups is 1. The van der Waals surface area contributed by atoms with Crippen LogP contribution in [0.1, 0.15) is 23.0 Å². The summed E-state index contributed by atoms with van der Waals surface area (Å²) in [5, 5.41) is 8.74. The van der Waals surface area contributed by atoms with Gasteiger partial charge >= 0.3 is 6.04 Å². The molecule has 1 aliphatic rings. The van der Waals surface area contributed by atoms with Crippen LogP contribution in [0.25, 0.3) is 4.98 Å². The summed E-state index contributed by atoms with van der Waals surface area (Å²) in [7, 11) is 0. The molecule has 0 fully saturated rings. The molecule has 0 saturated carbocycles. The second-order valence-electron chi connectivity index (χ2n) is 3.60. The number of hydrogen-bond acceptors (Lipinski definition) is 3. The third-order valence-electron chi connectivity index (χ3n) is 2.60. The summed E-state index contributed by atoms with van der Waals surface area (Å²) >= 11 is 0. The van der Waals surface area contributed by atoms with Crippen molar-refractivity contribution in [2.45, 2.75) is 19.4 Å². The largest absolute Gasteiger partial charge is 0.378 e. The minimum atomic E-state index is -0.619. The van der Waals surface area contributed by atoms with Gasteiger partial charge in [0.25, 0.3) is 5.78 Å². The predicted molar refractivity (Wildman–Crippen MR) is 50.3 cm³/mol. The lowest BCUT2D eigenvalue weighted by Gasteiger charge is -2.16. The van der Waals surface area contributed by atoms with E-state index in [4.69, 9.17) is 5.39 Å². The summed E-state index contributed by atoms with van der Waals surface area (Å²) < 4.78 is 0. The van der Waals surface area contributed by atoms with Gasteiger partial charge in [0.05, 0.1) is 11.6 Å². The molecule has 0 radical (unpaired) electrons. The molecule has 4 heteroatoms. The number of hydrogen-bond donors (Lipinski definition) is 0. The van der Waals surface area contributed by atoms with Crippen molar-refractivity contribution in [2.24, 2.45) is 5.92 Å². The first-order valence-corrected chi connectivity index (χ1v) is 4.56. The predicted octanol–water partition coefficient (Wildman–Crippen LogP) is 1.68. The normalized spacial score (nSPS) is 25.3. The molecule has 0 saturated heterocycles. The smallest absolute Gasteiger partial charge is 0.285 e. The molecule has 2 unspecified atom stereocenters. The Morgan fingerprint density at radius 2 is 2.43 bits per heavy atom. The summed E-state index contributed by atoms with van der Waals surface area (Å²) in [6, 6.07) is 2.84. The van der Waals surface area contributed by atoms with Gasteiger partial charge in [0.1, 0.15) is 4.98 Å². The second-order valence-corrected chi connectivity index (χ2v) is 3.60. The number of ketones is 1. The molecule has 1 heterocycles. The average molecular weight is 188 g/mol. The average Bonchev–Trinajstić information content (AvgIpc) is 2.18. The number of diazo groups is 1. The SMILES string of the molecule is CC1Cc2ncccc2C(=O)C1[N+]#N. The quantitative estimate of drug-likeness (QED) is 0.582. The van der Waals surface area contributed by atoms with E-state index in [2.05, 4.69) is 9.96 Å². The number of aromatic nitrogens is 1. The van der Waals surface area contributed by atoms with E-state index in [0.717, 1.165) is 5.69 Å². The zero-order chi connectivity index (χ0) is 10.1. The van der Waals surface area contributed by atoms with Crippen LogP contribution in [0, 0.1) is 11.3 Å². The van der Waals surface area contributed by atoms with Crippen LogP contribution in [-0.2, 0) is 6.42 Å². The van der Waals surface area contributed by atoms with Crippen molar-refractivity contribution >= 4 is 5.78 Å². The Bertz CT molecular complexity index is 422. The van der Waals surface area contributed by atoms with Crippen molar-refractivity contribution in [1.82, 2.24) is 4.98 Å². The highest BCUT2D eigenvalue weighted by Crippen LogP contribution is 2.25. The highest BCUT2D eigenvalue weighted by atomic mass is 16.1. The molecule has 1 aromatic rings. The maximum absolute atomic E-state index is 11.8. The molecular formula is C10H10N3O+. The Kier molecular flexibility index (Phi) is 2.01. The summed E-state index contributed by atoms with van der Waals surface area (Å²) in [4.78, 5) is 19.0. The van der Waals surface area contributed by atoms with Gasteiger partial charge in [0, 0.05) is 18.2 Å². The van der Waals surface area contributed by atoms with Crippen LogP contribution in [0.4, 0.5) is 0 Å². The lowest BCUT2D eigenvalue weighted by molar-refractivity contribution is 0.0940. The standard InChI is InChI=1S/C10H10N3O/c1-6-5-8-7(3-2-4-12-8)10(14)9(6)13-11/h2-4,6,9H,5H2,1H3/q+1. The molecule has 2 atom stereocenters. The van der Waals surface area contributed by atoms with Gasteiger partial charge in [-0.25, -0.2) is 0 Å². The molecule has 14 heavy (non-hydrogen) atoms. The van der Waals surface area contributed by atoms with Crippen LogP contribution in [0.2, 0.25) is 0 Å². The van der Waals surface area contributed by atoms with E-state index in [9.17, 15) is 4.79 Å². The molecule has 0 N–H and O–H groups in total. The van der Waals surface area contributed by atoms with Gasteiger partial charge in [-0.3, -0.25) is 9.78 Å². The van der Waals surface area contributed by atoms with Crippen LogP contribution < -0.4 is 0 Å². The molecule has 0 bridgehead atoms. The molecule has 1 aliphatic carbocycles. The summed E-state index contributed by atoms with van der Waals surface area (Å²) in [6.45, 7) is 1.89. The van der Waals surface area contributed by atoms with Crippen LogP contribution >= 0.6 is 0 Å². The van der Waals surface area contributed by atoms with Gasteiger partial charge in [-0.2, -0.15) is 0 Å². The highest BCUT2D eigenvalue weighted by Gasteiger charge is 2.43. The first kappa shape index (κ1) is 8.82. The van der Waals surface area contributed by atoms with Gasteiger partial charge in [-0.15, -0.1) is 0 Å². The Labute approximate surface area is 81.6 Å². The highest BCUT2D eigenvalue weighted by molar-refractivity contribution is 6.03. The second kappa shape index (κ2) is 3.18. The van der Waals surface area contributed by atoms with Crippen molar-refractivity contribution in [3.63, 3.8) is 0 Å². The first-order chi connectivity index (χ1) is 6.74. The molecule has 0 spiro atoms.